The van der Waals surface area contributed by atoms with Crippen LogP contribution in [0.1, 0.15) is 56.7 Å². The summed E-state index contributed by atoms with van der Waals surface area (Å²) in [7, 11) is 1.74. The van der Waals surface area contributed by atoms with Gasteiger partial charge < -0.3 is 15.3 Å². The number of carbonyl (C=O) groups is 1. The molecule has 1 fully saturated rings. The van der Waals surface area contributed by atoms with E-state index in [-0.39, 0.29) is 6.03 Å². The summed E-state index contributed by atoms with van der Waals surface area (Å²) >= 11 is 0. The SMILES string of the molecule is CCc1ccnc(CNC(=O)N(C)CC2(O)CCCCCC2)c1. The van der Waals surface area contributed by atoms with Crippen LogP contribution >= 0.6 is 0 Å². The van der Waals surface area contributed by atoms with Crippen LogP contribution in [0.4, 0.5) is 4.79 Å². The van der Waals surface area contributed by atoms with E-state index in [0.717, 1.165) is 37.8 Å². The molecule has 0 bridgehead atoms. The van der Waals surface area contributed by atoms with Crippen LogP contribution in [0.2, 0.25) is 0 Å². The number of rotatable bonds is 5. The Balaban J connectivity index is 1.84. The van der Waals surface area contributed by atoms with Crippen molar-refractivity contribution in [3.05, 3.63) is 29.6 Å². The molecule has 0 atom stereocenters. The molecule has 0 spiro atoms. The number of urea groups is 1. The number of hydrogen-bond donors (Lipinski definition) is 2. The predicted molar refractivity (Wildman–Crippen MR) is 91.1 cm³/mol. The topological polar surface area (TPSA) is 65.5 Å². The zero-order valence-corrected chi connectivity index (χ0v) is 14.3. The van der Waals surface area contributed by atoms with Crippen molar-refractivity contribution in [3.8, 4) is 0 Å². The minimum atomic E-state index is -0.733. The van der Waals surface area contributed by atoms with Gasteiger partial charge in [0.05, 0.1) is 24.4 Å². The molecule has 2 N–H and O–H groups in total. The number of pyridine rings is 1. The lowest BCUT2D eigenvalue weighted by Gasteiger charge is -2.31. The fourth-order valence-corrected chi connectivity index (χ4v) is 3.20. The molecule has 0 saturated heterocycles. The highest BCUT2D eigenvalue weighted by atomic mass is 16.3. The van der Waals surface area contributed by atoms with Crippen molar-refractivity contribution in [1.29, 1.82) is 0 Å². The third kappa shape index (κ3) is 5.50. The molecule has 0 aliphatic heterocycles. The molecule has 128 valence electrons. The van der Waals surface area contributed by atoms with Gasteiger partial charge in [0.2, 0.25) is 0 Å². The molecular weight excluding hydrogens is 290 g/mol. The largest absolute Gasteiger partial charge is 0.388 e. The average Bonchev–Trinajstić information content (AvgIpc) is 2.77. The quantitative estimate of drug-likeness (QED) is 0.820. The van der Waals surface area contributed by atoms with Gasteiger partial charge in [-0.05, 0) is 37.0 Å². The molecular formula is C18H29N3O2. The molecule has 1 aliphatic carbocycles. The van der Waals surface area contributed by atoms with Gasteiger partial charge in [0, 0.05) is 13.2 Å². The second-order valence-corrected chi connectivity index (χ2v) is 6.66. The second-order valence-electron chi connectivity index (χ2n) is 6.66. The van der Waals surface area contributed by atoms with E-state index in [1.165, 1.54) is 18.4 Å². The summed E-state index contributed by atoms with van der Waals surface area (Å²) < 4.78 is 0. The van der Waals surface area contributed by atoms with Crippen molar-refractivity contribution in [2.45, 2.75) is 64.0 Å². The lowest BCUT2D eigenvalue weighted by molar-refractivity contribution is 0.00461. The van der Waals surface area contributed by atoms with Gasteiger partial charge in [-0.25, -0.2) is 4.79 Å². The number of nitrogens with one attached hydrogen (secondary N) is 1. The zero-order chi connectivity index (χ0) is 16.7. The number of aromatic nitrogens is 1. The Morgan fingerprint density at radius 1 is 1.35 bits per heavy atom. The highest BCUT2D eigenvalue weighted by Crippen LogP contribution is 2.27. The lowest BCUT2D eigenvalue weighted by Crippen LogP contribution is -2.47. The summed E-state index contributed by atoms with van der Waals surface area (Å²) in [6.45, 7) is 2.90. The van der Waals surface area contributed by atoms with Crippen LogP contribution in [0.3, 0.4) is 0 Å². The summed E-state index contributed by atoms with van der Waals surface area (Å²) in [4.78, 5) is 18.1. The van der Waals surface area contributed by atoms with Crippen molar-refractivity contribution >= 4 is 6.03 Å². The molecule has 5 nitrogen and oxygen atoms in total. The van der Waals surface area contributed by atoms with Crippen LogP contribution in [0, 0.1) is 0 Å². The van der Waals surface area contributed by atoms with Crippen molar-refractivity contribution in [3.63, 3.8) is 0 Å². The predicted octanol–water partition coefficient (Wildman–Crippen LogP) is 2.87. The van der Waals surface area contributed by atoms with Crippen molar-refractivity contribution < 1.29 is 9.90 Å². The molecule has 1 aliphatic rings. The van der Waals surface area contributed by atoms with E-state index in [4.69, 9.17) is 0 Å². The van der Waals surface area contributed by atoms with Gasteiger partial charge in [0.1, 0.15) is 0 Å². The Morgan fingerprint density at radius 2 is 2.04 bits per heavy atom. The maximum absolute atomic E-state index is 12.2. The van der Waals surface area contributed by atoms with Crippen LogP contribution in [-0.2, 0) is 13.0 Å². The van der Waals surface area contributed by atoms with Crippen molar-refractivity contribution in [2.75, 3.05) is 13.6 Å². The van der Waals surface area contributed by atoms with E-state index < -0.39 is 5.60 Å². The molecule has 23 heavy (non-hydrogen) atoms. The van der Waals surface area contributed by atoms with Gasteiger partial charge in [0.15, 0.2) is 0 Å². The van der Waals surface area contributed by atoms with Gasteiger partial charge >= 0.3 is 6.03 Å². The van der Waals surface area contributed by atoms with E-state index in [9.17, 15) is 9.90 Å². The number of nitrogens with zero attached hydrogens (tertiary/aromatic N) is 2. The molecule has 5 heteroatoms. The Labute approximate surface area is 139 Å². The van der Waals surface area contributed by atoms with Gasteiger partial charge in [0.25, 0.3) is 0 Å². The van der Waals surface area contributed by atoms with Gasteiger partial charge in [-0.2, -0.15) is 0 Å². The minimum Gasteiger partial charge on any atom is -0.388 e. The Bertz CT molecular complexity index is 511. The van der Waals surface area contributed by atoms with E-state index in [1.807, 2.05) is 12.1 Å². The number of carbonyl (C=O) groups excluding carboxylic acids is 1. The molecule has 0 aromatic carbocycles. The third-order valence-corrected chi connectivity index (χ3v) is 4.62. The van der Waals surface area contributed by atoms with Gasteiger partial charge in [-0.15, -0.1) is 0 Å². The molecule has 1 aromatic rings. The Morgan fingerprint density at radius 3 is 2.70 bits per heavy atom. The third-order valence-electron chi connectivity index (χ3n) is 4.62. The minimum absolute atomic E-state index is 0.161. The van der Waals surface area contributed by atoms with Crippen LogP contribution in [0.5, 0.6) is 0 Å². The van der Waals surface area contributed by atoms with Crippen LogP contribution in [-0.4, -0.2) is 40.2 Å². The maximum Gasteiger partial charge on any atom is 0.317 e. The Hall–Kier alpha value is -1.62. The first-order chi connectivity index (χ1) is 11.0. The fourth-order valence-electron chi connectivity index (χ4n) is 3.20. The first-order valence-electron chi connectivity index (χ1n) is 8.67. The van der Waals surface area contributed by atoms with E-state index in [0.29, 0.717) is 13.1 Å². The first kappa shape index (κ1) is 17.7. The summed E-state index contributed by atoms with van der Waals surface area (Å²) in [5.74, 6) is 0. The molecule has 1 saturated carbocycles. The fraction of sp³-hybridized carbons (Fsp3) is 0.667. The zero-order valence-electron chi connectivity index (χ0n) is 14.3. The Kier molecular flexibility index (Phi) is 6.39. The normalized spacial score (nSPS) is 17.3. The highest BCUT2D eigenvalue weighted by molar-refractivity contribution is 5.73. The average molecular weight is 319 g/mol. The monoisotopic (exact) mass is 319 g/mol. The summed E-state index contributed by atoms with van der Waals surface area (Å²) in [6.07, 6.45) is 8.73. The number of aliphatic hydroxyl groups is 1. The second kappa shape index (κ2) is 8.29. The van der Waals surface area contributed by atoms with E-state index >= 15 is 0 Å². The van der Waals surface area contributed by atoms with Crippen LogP contribution < -0.4 is 5.32 Å². The molecule has 1 aromatic heterocycles. The smallest absolute Gasteiger partial charge is 0.317 e. The van der Waals surface area contributed by atoms with Crippen molar-refractivity contribution in [2.24, 2.45) is 0 Å². The maximum atomic E-state index is 12.2. The van der Waals surface area contributed by atoms with Gasteiger partial charge in [-0.1, -0.05) is 32.6 Å². The number of amides is 2. The molecule has 2 amide bonds. The lowest BCUT2D eigenvalue weighted by atomic mass is 9.94. The van der Waals surface area contributed by atoms with Crippen LogP contribution in [0.25, 0.3) is 0 Å². The number of hydrogen-bond acceptors (Lipinski definition) is 3. The van der Waals surface area contributed by atoms with Crippen LogP contribution in [0.15, 0.2) is 18.3 Å². The number of likely N-dealkylation sites (N-methyl/N-ethyl adjacent to an activating group) is 1. The van der Waals surface area contributed by atoms with Crippen molar-refractivity contribution in [1.82, 2.24) is 15.2 Å². The highest BCUT2D eigenvalue weighted by Gasteiger charge is 2.30. The van der Waals surface area contributed by atoms with E-state index in [1.54, 1.807) is 18.1 Å². The van der Waals surface area contributed by atoms with E-state index in [2.05, 4.69) is 17.2 Å². The molecule has 0 unspecified atom stereocenters. The molecule has 0 radical (unpaired) electrons. The molecule has 2 rings (SSSR count). The summed E-state index contributed by atoms with van der Waals surface area (Å²) in [5.41, 5.74) is 1.34. The summed E-state index contributed by atoms with van der Waals surface area (Å²) in [5, 5.41) is 13.6. The number of aryl methyl sites for hydroxylation is 1. The summed E-state index contributed by atoms with van der Waals surface area (Å²) in [6, 6.07) is 3.84. The van der Waals surface area contributed by atoms with Gasteiger partial charge in [-0.3, -0.25) is 4.98 Å². The first-order valence-corrected chi connectivity index (χ1v) is 8.67. The molecule has 1 heterocycles. The standard InChI is InChI=1S/C18H29N3O2/c1-3-15-8-11-19-16(12-15)13-20-17(22)21(2)14-18(23)9-6-4-5-7-10-18/h8,11-12,23H,3-7,9-10,13-14H2,1-2H3,(H,20,22).